The van der Waals surface area contributed by atoms with E-state index in [-0.39, 0.29) is 5.92 Å². The summed E-state index contributed by atoms with van der Waals surface area (Å²) in [5, 5.41) is 1.24. The highest BCUT2D eigenvalue weighted by molar-refractivity contribution is 5.95. The minimum absolute atomic E-state index is 0.134. The van der Waals surface area contributed by atoms with Crippen LogP contribution in [0.15, 0.2) is 24.3 Å². The zero-order valence-corrected chi connectivity index (χ0v) is 13.4. The highest BCUT2D eigenvalue weighted by Gasteiger charge is 2.34. The van der Waals surface area contributed by atoms with Crippen molar-refractivity contribution >= 4 is 22.8 Å². The molecule has 0 spiro atoms. The first-order valence-corrected chi connectivity index (χ1v) is 7.90. The van der Waals surface area contributed by atoms with E-state index < -0.39 is 17.9 Å². The second-order valence-corrected chi connectivity index (χ2v) is 5.99. The number of ether oxygens (including phenoxy) is 2. The smallest absolute Gasteiger partial charge is 0.320 e. The first-order valence-electron chi connectivity index (χ1n) is 7.90. The van der Waals surface area contributed by atoms with Crippen LogP contribution < -0.4 is 0 Å². The van der Waals surface area contributed by atoms with Crippen LogP contribution in [-0.2, 0) is 25.5 Å². The molecule has 0 fully saturated rings. The Bertz CT molecular complexity index is 718. The Kier molecular flexibility index (Phi) is 4.37. The van der Waals surface area contributed by atoms with Crippen LogP contribution in [0.25, 0.3) is 10.9 Å². The number of H-pyrrole nitrogens is 1. The zero-order chi connectivity index (χ0) is 16.4. The molecule has 0 amide bonds. The van der Waals surface area contributed by atoms with E-state index in [9.17, 15) is 9.59 Å². The Hall–Kier alpha value is -2.30. The fraction of sp³-hybridized carbons (Fsp3) is 0.444. The van der Waals surface area contributed by atoms with Crippen LogP contribution in [0.1, 0.15) is 36.4 Å². The van der Waals surface area contributed by atoms with Gasteiger partial charge in [0, 0.05) is 22.5 Å². The number of aromatic amines is 1. The minimum Gasteiger partial charge on any atom is -0.468 e. The van der Waals surface area contributed by atoms with Gasteiger partial charge in [0.25, 0.3) is 0 Å². The van der Waals surface area contributed by atoms with Crippen LogP contribution >= 0.6 is 0 Å². The molecular formula is C18H21NO4. The van der Waals surface area contributed by atoms with Gasteiger partial charge in [0.1, 0.15) is 0 Å². The van der Waals surface area contributed by atoms with Gasteiger partial charge in [0.05, 0.1) is 14.2 Å². The van der Waals surface area contributed by atoms with Crippen LogP contribution in [0, 0.1) is 5.92 Å². The largest absolute Gasteiger partial charge is 0.468 e. The number of carbonyl (C=O) groups excluding carboxylic acids is 2. The average Bonchev–Trinajstić information content (AvgIpc) is 2.98. The summed E-state index contributed by atoms with van der Waals surface area (Å²) in [6.45, 7) is 0. The topological polar surface area (TPSA) is 68.4 Å². The van der Waals surface area contributed by atoms with E-state index in [2.05, 4.69) is 17.1 Å². The molecule has 0 saturated heterocycles. The maximum absolute atomic E-state index is 11.9. The maximum Gasteiger partial charge on any atom is 0.320 e. The third kappa shape index (κ3) is 2.83. The molecular weight excluding hydrogens is 294 g/mol. The van der Waals surface area contributed by atoms with Gasteiger partial charge in [0.2, 0.25) is 0 Å². The lowest BCUT2D eigenvalue weighted by Crippen LogP contribution is -2.29. The van der Waals surface area contributed by atoms with Crippen molar-refractivity contribution in [3.05, 3.63) is 35.5 Å². The Morgan fingerprint density at radius 1 is 1.22 bits per heavy atom. The summed E-state index contributed by atoms with van der Waals surface area (Å²) in [6, 6.07) is 8.21. The van der Waals surface area contributed by atoms with Gasteiger partial charge in [0.15, 0.2) is 5.92 Å². The number of esters is 2. The quantitative estimate of drug-likeness (QED) is 0.696. The number of fused-ring (bicyclic) bond motifs is 3. The molecule has 1 unspecified atom stereocenters. The van der Waals surface area contributed by atoms with Crippen LogP contribution in [0.5, 0.6) is 0 Å². The van der Waals surface area contributed by atoms with Gasteiger partial charge in [-0.1, -0.05) is 18.2 Å². The number of aryl methyl sites for hydroxylation is 1. The summed E-state index contributed by atoms with van der Waals surface area (Å²) in [5.41, 5.74) is 3.57. The zero-order valence-electron chi connectivity index (χ0n) is 13.4. The molecule has 5 nitrogen and oxygen atoms in total. The molecule has 23 heavy (non-hydrogen) atoms. The number of methoxy groups -OCH3 is 2. The second-order valence-electron chi connectivity index (χ2n) is 5.99. The molecule has 0 bridgehead atoms. The SMILES string of the molecule is COC(=O)C(CC1CCCc2c1[nH]c1ccccc21)C(=O)OC. The molecule has 0 radical (unpaired) electrons. The number of carbonyl (C=O) groups is 2. The average molecular weight is 315 g/mol. The molecule has 3 rings (SSSR count). The van der Waals surface area contributed by atoms with Crippen LogP contribution in [0.2, 0.25) is 0 Å². The van der Waals surface area contributed by atoms with Gasteiger partial charge in [-0.3, -0.25) is 9.59 Å². The lowest BCUT2D eigenvalue weighted by Gasteiger charge is -2.25. The molecule has 1 aromatic heterocycles. The lowest BCUT2D eigenvalue weighted by atomic mass is 9.81. The van der Waals surface area contributed by atoms with Gasteiger partial charge in [-0.05, 0) is 37.3 Å². The van der Waals surface area contributed by atoms with E-state index >= 15 is 0 Å². The van der Waals surface area contributed by atoms with Crippen molar-refractivity contribution in [2.45, 2.75) is 31.6 Å². The Morgan fingerprint density at radius 2 is 1.91 bits per heavy atom. The fourth-order valence-electron chi connectivity index (χ4n) is 3.60. The lowest BCUT2D eigenvalue weighted by molar-refractivity contribution is -0.159. The van der Waals surface area contributed by atoms with Crippen LogP contribution in [0.4, 0.5) is 0 Å². The summed E-state index contributed by atoms with van der Waals surface area (Å²) in [4.78, 5) is 27.4. The summed E-state index contributed by atoms with van der Waals surface area (Å²) >= 11 is 0. The second kappa shape index (κ2) is 6.44. The van der Waals surface area contributed by atoms with Crippen molar-refractivity contribution in [2.24, 2.45) is 5.92 Å². The molecule has 1 heterocycles. The molecule has 5 heteroatoms. The number of para-hydroxylation sites is 1. The van der Waals surface area contributed by atoms with Crippen molar-refractivity contribution in [1.82, 2.24) is 4.98 Å². The van der Waals surface area contributed by atoms with Gasteiger partial charge >= 0.3 is 11.9 Å². The molecule has 2 aromatic rings. The monoisotopic (exact) mass is 315 g/mol. The van der Waals surface area contributed by atoms with E-state index in [1.54, 1.807) is 0 Å². The van der Waals surface area contributed by atoms with E-state index in [1.165, 1.54) is 25.2 Å². The summed E-state index contributed by atoms with van der Waals surface area (Å²) in [7, 11) is 2.60. The van der Waals surface area contributed by atoms with E-state index in [1.807, 2.05) is 12.1 Å². The molecule has 1 aromatic carbocycles. The standard InChI is InChI=1S/C18H21NO4/c1-22-17(20)14(18(21)23-2)10-11-6-5-8-13-12-7-3-4-9-15(12)19-16(11)13/h3-4,7,9,11,14,19H,5-6,8,10H2,1-2H3. The highest BCUT2D eigenvalue weighted by atomic mass is 16.5. The normalized spacial score (nSPS) is 17.1. The summed E-state index contributed by atoms with van der Waals surface area (Å²) in [5.74, 6) is -1.79. The number of hydrogen-bond acceptors (Lipinski definition) is 4. The number of hydrogen-bond donors (Lipinski definition) is 1. The number of rotatable bonds is 4. The third-order valence-corrected chi connectivity index (χ3v) is 4.73. The fourth-order valence-corrected chi connectivity index (χ4v) is 3.60. The van der Waals surface area contributed by atoms with Crippen LogP contribution in [0.3, 0.4) is 0 Å². The molecule has 1 N–H and O–H groups in total. The number of nitrogens with one attached hydrogen (secondary N) is 1. The number of aromatic nitrogens is 1. The van der Waals surface area contributed by atoms with Crippen molar-refractivity contribution in [2.75, 3.05) is 14.2 Å². The van der Waals surface area contributed by atoms with Crippen molar-refractivity contribution < 1.29 is 19.1 Å². The molecule has 122 valence electrons. The first-order chi connectivity index (χ1) is 11.2. The van der Waals surface area contributed by atoms with Crippen molar-refractivity contribution in [1.29, 1.82) is 0 Å². The molecule has 1 aliphatic rings. The first kappa shape index (κ1) is 15.6. The summed E-state index contributed by atoms with van der Waals surface area (Å²) in [6.07, 6.45) is 3.44. The number of benzene rings is 1. The Balaban J connectivity index is 1.93. The molecule has 0 saturated carbocycles. The van der Waals surface area contributed by atoms with E-state index in [0.717, 1.165) is 30.5 Å². The van der Waals surface area contributed by atoms with Crippen molar-refractivity contribution in [3.8, 4) is 0 Å². The van der Waals surface area contributed by atoms with Gasteiger partial charge in [-0.25, -0.2) is 0 Å². The predicted molar refractivity (Wildman–Crippen MR) is 86.1 cm³/mol. The highest BCUT2D eigenvalue weighted by Crippen LogP contribution is 2.39. The predicted octanol–water partition coefficient (Wildman–Crippen LogP) is 2.94. The third-order valence-electron chi connectivity index (χ3n) is 4.73. The van der Waals surface area contributed by atoms with Gasteiger partial charge in [-0.2, -0.15) is 0 Å². The molecule has 1 aliphatic carbocycles. The van der Waals surface area contributed by atoms with E-state index in [4.69, 9.17) is 9.47 Å². The minimum atomic E-state index is -0.868. The van der Waals surface area contributed by atoms with E-state index in [0.29, 0.717) is 6.42 Å². The van der Waals surface area contributed by atoms with Gasteiger partial charge in [-0.15, -0.1) is 0 Å². The Labute approximate surface area is 135 Å². The van der Waals surface area contributed by atoms with Gasteiger partial charge < -0.3 is 14.5 Å². The summed E-state index contributed by atoms with van der Waals surface area (Å²) < 4.78 is 9.55. The van der Waals surface area contributed by atoms with Crippen LogP contribution in [-0.4, -0.2) is 31.1 Å². The van der Waals surface area contributed by atoms with Crippen molar-refractivity contribution in [3.63, 3.8) is 0 Å². The maximum atomic E-state index is 11.9. The molecule has 1 atom stereocenters. The Morgan fingerprint density at radius 3 is 2.61 bits per heavy atom. The molecule has 0 aliphatic heterocycles.